The number of benzene rings is 1. The Kier molecular flexibility index (Phi) is 4.44. The Morgan fingerprint density at radius 2 is 2.08 bits per heavy atom. The molecule has 2 heterocycles. The molecule has 7 nitrogen and oxygen atoms in total. The highest BCUT2D eigenvalue weighted by molar-refractivity contribution is 7.99. The predicted molar refractivity (Wildman–Crippen MR) is 99.6 cm³/mol. The zero-order chi connectivity index (χ0) is 17.2. The molecule has 130 valence electrons. The number of hydrogen-bond donors (Lipinski definition) is 1. The first-order valence-corrected chi connectivity index (χ1v) is 9.58. The molecule has 25 heavy (non-hydrogen) atoms. The topological polar surface area (TPSA) is 77.8 Å². The lowest BCUT2D eigenvalue weighted by atomic mass is 10.2. The van der Waals surface area contributed by atoms with Crippen molar-refractivity contribution in [2.45, 2.75) is 30.6 Å². The number of ether oxygens (including phenoxy) is 1. The molecule has 3 aromatic rings. The number of aromatic nitrogens is 5. The summed E-state index contributed by atoms with van der Waals surface area (Å²) in [6, 6.07) is 8.08. The number of nitrogens with one attached hydrogen (secondary N) is 1. The quantitative estimate of drug-likeness (QED) is 0.753. The minimum atomic E-state index is 0.431. The summed E-state index contributed by atoms with van der Waals surface area (Å²) in [7, 11) is 1.65. The van der Waals surface area contributed by atoms with Gasteiger partial charge in [0.15, 0.2) is 11.2 Å². The average molecular weight is 356 g/mol. The van der Waals surface area contributed by atoms with Crippen LogP contribution in [0.1, 0.15) is 19.3 Å². The zero-order valence-electron chi connectivity index (χ0n) is 14.2. The molecule has 0 unspecified atom stereocenters. The number of rotatable bonds is 5. The molecule has 1 fully saturated rings. The van der Waals surface area contributed by atoms with Crippen molar-refractivity contribution in [3.05, 3.63) is 30.5 Å². The Labute approximate surface area is 150 Å². The molecule has 1 aliphatic carbocycles. The van der Waals surface area contributed by atoms with Crippen molar-refractivity contribution in [3.63, 3.8) is 0 Å². The first-order valence-electron chi connectivity index (χ1n) is 8.29. The van der Waals surface area contributed by atoms with E-state index in [1.54, 1.807) is 18.0 Å². The Morgan fingerprint density at radius 3 is 2.80 bits per heavy atom. The first-order chi connectivity index (χ1) is 12.3. The van der Waals surface area contributed by atoms with Crippen LogP contribution in [-0.4, -0.2) is 49.6 Å². The number of methoxy groups -OCH3 is 1. The number of nitrogens with zero attached hydrogens (tertiary/aromatic N) is 5. The summed E-state index contributed by atoms with van der Waals surface area (Å²) in [4.78, 5) is 9.04. The van der Waals surface area contributed by atoms with Gasteiger partial charge in [0.2, 0.25) is 5.95 Å². The van der Waals surface area contributed by atoms with Crippen molar-refractivity contribution < 1.29 is 4.74 Å². The van der Waals surface area contributed by atoms with Crippen LogP contribution in [0, 0.1) is 0 Å². The highest BCUT2D eigenvalue weighted by Crippen LogP contribution is 2.29. The molecular formula is C17H20N6OS. The molecule has 8 heteroatoms. The van der Waals surface area contributed by atoms with E-state index in [-0.39, 0.29) is 0 Å². The second-order valence-electron chi connectivity index (χ2n) is 6.11. The van der Waals surface area contributed by atoms with E-state index in [4.69, 9.17) is 4.74 Å². The second-order valence-corrected chi connectivity index (χ2v) is 7.25. The molecule has 1 aliphatic rings. The maximum Gasteiger partial charge on any atom is 0.225 e. The minimum absolute atomic E-state index is 0.431. The van der Waals surface area contributed by atoms with E-state index >= 15 is 0 Å². The van der Waals surface area contributed by atoms with Gasteiger partial charge in [0.25, 0.3) is 0 Å². The van der Waals surface area contributed by atoms with E-state index in [9.17, 15) is 0 Å². The monoisotopic (exact) mass is 356 g/mol. The molecule has 0 bridgehead atoms. The maximum absolute atomic E-state index is 5.20. The summed E-state index contributed by atoms with van der Waals surface area (Å²) in [5, 5.41) is 12.6. The smallest absolute Gasteiger partial charge is 0.225 e. The second kappa shape index (κ2) is 6.87. The molecule has 1 N–H and O–H groups in total. The average Bonchev–Trinajstić information content (AvgIpc) is 3.28. The fraction of sp³-hybridized carbons (Fsp3) is 0.412. The largest absolute Gasteiger partial charge is 0.497 e. The van der Waals surface area contributed by atoms with Gasteiger partial charge in [0.05, 0.1) is 19.0 Å². The summed E-state index contributed by atoms with van der Waals surface area (Å²) in [5.41, 5.74) is 2.26. The molecule has 1 saturated carbocycles. The normalized spacial score (nSPS) is 20.1. The summed E-state index contributed by atoms with van der Waals surface area (Å²) < 4.78 is 6.93. The van der Waals surface area contributed by atoms with Crippen molar-refractivity contribution >= 4 is 28.9 Å². The highest BCUT2D eigenvalue weighted by atomic mass is 32.2. The molecule has 2 atom stereocenters. The fourth-order valence-electron chi connectivity index (χ4n) is 3.16. The molecule has 4 rings (SSSR count). The maximum atomic E-state index is 5.20. The zero-order valence-corrected chi connectivity index (χ0v) is 15.0. The highest BCUT2D eigenvalue weighted by Gasteiger charge is 2.24. The lowest BCUT2D eigenvalue weighted by Gasteiger charge is -2.12. The van der Waals surface area contributed by atoms with E-state index in [1.807, 2.05) is 36.0 Å². The molecular weight excluding hydrogens is 336 g/mol. The van der Waals surface area contributed by atoms with Gasteiger partial charge in [0, 0.05) is 11.3 Å². The van der Waals surface area contributed by atoms with Crippen molar-refractivity contribution in [2.75, 3.05) is 18.7 Å². The van der Waals surface area contributed by atoms with Gasteiger partial charge in [-0.1, -0.05) is 5.21 Å². The van der Waals surface area contributed by atoms with E-state index in [0.717, 1.165) is 29.5 Å². The standard InChI is InChI=1S/C17H20N6OS/c1-24-13-6-4-12(5-7-13)23-16-15(21-22-23)10-18-17(20-16)19-11-3-8-14(9-11)25-2/h4-7,10-11,14H,3,8-9H2,1-2H3,(H,18,19,20)/t11-,14-/m1/s1. The number of thioether (sulfide) groups is 1. The Morgan fingerprint density at radius 1 is 1.24 bits per heavy atom. The molecule has 0 saturated heterocycles. The lowest BCUT2D eigenvalue weighted by Crippen LogP contribution is -2.18. The fourth-order valence-corrected chi connectivity index (χ4v) is 3.96. The van der Waals surface area contributed by atoms with Crippen LogP contribution in [0.15, 0.2) is 30.5 Å². The molecule has 0 amide bonds. The van der Waals surface area contributed by atoms with E-state index in [1.165, 1.54) is 6.42 Å². The van der Waals surface area contributed by atoms with Gasteiger partial charge >= 0.3 is 0 Å². The van der Waals surface area contributed by atoms with Gasteiger partial charge in [0.1, 0.15) is 5.75 Å². The predicted octanol–water partition coefficient (Wildman–Crippen LogP) is 2.92. The lowest BCUT2D eigenvalue weighted by molar-refractivity contribution is 0.414. The van der Waals surface area contributed by atoms with Crippen LogP contribution in [0.2, 0.25) is 0 Å². The third-order valence-electron chi connectivity index (χ3n) is 4.56. The third kappa shape index (κ3) is 3.26. The first kappa shape index (κ1) is 16.1. The van der Waals surface area contributed by atoms with E-state index in [0.29, 0.717) is 23.2 Å². The van der Waals surface area contributed by atoms with E-state index in [2.05, 4.69) is 31.9 Å². The van der Waals surface area contributed by atoms with Gasteiger partial charge in [-0.3, -0.25) is 0 Å². The van der Waals surface area contributed by atoms with E-state index < -0.39 is 0 Å². The van der Waals surface area contributed by atoms with Gasteiger partial charge in [-0.05, 0) is 49.8 Å². The number of hydrogen-bond acceptors (Lipinski definition) is 7. The Bertz CT molecular complexity index is 865. The van der Waals surface area contributed by atoms with Gasteiger partial charge in [-0.25, -0.2) is 4.98 Å². The molecule has 1 aromatic carbocycles. The van der Waals surface area contributed by atoms with Crippen LogP contribution in [-0.2, 0) is 0 Å². The van der Waals surface area contributed by atoms with Crippen LogP contribution >= 0.6 is 11.8 Å². The Balaban J connectivity index is 1.61. The summed E-state index contributed by atoms with van der Waals surface area (Å²) in [5.74, 6) is 1.44. The molecule has 0 radical (unpaired) electrons. The van der Waals surface area contributed by atoms with Crippen molar-refractivity contribution in [3.8, 4) is 11.4 Å². The Hall–Kier alpha value is -2.35. The summed E-state index contributed by atoms with van der Waals surface area (Å²) >= 11 is 1.94. The van der Waals surface area contributed by atoms with Crippen LogP contribution in [0.3, 0.4) is 0 Å². The van der Waals surface area contributed by atoms with Crippen LogP contribution < -0.4 is 10.1 Å². The molecule has 0 spiro atoms. The summed E-state index contributed by atoms with van der Waals surface area (Å²) in [6.07, 6.45) is 7.45. The van der Waals surface area contributed by atoms with Crippen LogP contribution in [0.4, 0.5) is 5.95 Å². The molecule has 2 aromatic heterocycles. The minimum Gasteiger partial charge on any atom is -0.497 e. The number of fused-ring (bicyclic) bond motifs is 1. The van der Waals surface area contributed by atoms with Crippen molar-refractivity contribution in [1.29, 1.82) is 0 Å². The third-order valence-corrected chi connectivity index (χ3v) is 5.66. The van der Waals surface area contributed by atoms with Gasteiger partial charge in [-0.2, -0.15) is 21.4 Å². The molecule has 0 aliphatic heterocycles. The summed E-state index contributed by atoms with van der Waals surface area (Å²) in [6.45, 7) is 0. The number of anilines is 1. The SMILES string of the molecule is COc1ccc(-n2nnc3cnc(N[C@@H]4CC[C@@H](SC)C4)nc32)cc1. The van der Waals surface area contributed by atoms with Crippen molar-refractivity contribution in [1.82, 2.24) is 25.0 Å². The van der Waals surface area contributed by atoms with Gasteiger partial charge in [-0.15, -0.1) is 5.10 Å². The van der Waals surface area contributed by atoms with Crippen LogP contribution in [0.25, 0.3) is 16.9 Å². The van der Waals surface area contributed by atoms with Crippen LogP contribution in [0.5, 0.6) is 5.75 Å². The van der Waals surface area contributed by atoms with Crippen molar-refractivity contribution in [2.24, 2.45) is 0 Å². The van der Waals surface area contributed by atoms with Gasteiger partial charge < -0.3 is 10.1 Å².